The highest BCUT2D eigenvalue weighted by atomic mass is 16.5. The van der Waals surface area contributed by atoms with E-state index in [1.807, 2.05) is 0 Å². The lowest BCUT2D eigenvalue weighted by atomic mass is 9.97. The van der Waals surface area contributed by atoms with Crippen LogP contribution < -0.4 is 0 Å². The van der Waals surface area contributed by atoms with Gasteiger partial charge < -0.3 is 9.64 Å². The van der Waals surface area contributed by atoms with E-state index in [0.29, 0.717) is 5.56 Å². The Bertz CT molecular complexity index is 732. The minimum absolute atomic E-state index is 0.0178. The van der Waals surface area contributed by atoms with Gasteiger partial charge in [-0.05, 0) is 37.6 Å². The van der Waals surface area contributed by atoms with Gasteiger partial charge in [-0.15, -0.1) is 0 Å². The minimum atomic E-state index is -2.42. The molecule has 0 heterocycles. The average Bonchev–Trinajstić information content (AvgIpc) is 2.59. The van der Waals surface area contributed by atoms with Crippen molar-refractivity contribution in [1.82, 2.24) is 4.90 Å². The van der Waals surface area contributed by atoms with E-state index in [-0.39, 0.29) is 11.1 Å². The quantitative estimate of drug-likeness (QED) is 0.797. The summed E-state index contributed by atoms with van der Waals surface area (Å²) in [5.41, 5.74) is 0.635. The lowest BCUT2D eigenvalue weighted by Crippen LogP contribution is -2.20. The van der Waals surface area contributed by atoms with Gasteiger partial charge >= 0.3 is 0 Å². The smallest absolute Gasteiger partial charge is 0.108 e. The molecule has 0 spiro atoms. The van der Waals surface area contributed by atoms with Gasteiger partial charge in [-0.3, -0.25) is 0 Å². The molecule has 2 rings (SSSR count). The van der Waals surface area contributed by atoms with Gasteiger partial charge in [0.15, 0.2) is 0 Å². The van der Waals surface area contributed by atoms with Crippen molar-refractivity contribution in [1.29, 1.82) is 0 Å². The summed E-state index contributed by atoms with van der Waals surface area (Å²) >= 11 is 0. The number of nitrogens with zero attached hydrogens (tertiary/aromatic N) is 1. The van der Waals surface area contributed by atoms with Crippen LogP contribution in [0, 0.1) is 6.85 Å². The van der Waals surface area contributed by atoms with Crippen LogP contribution in [-0.2, 0) is 4.74 Å². The van der Waals surface area contributed by atoms with Crippen molar-refractivity contribution in [3.05, 3.63) is 71.3 Å². The van der Waals surface area contributed by atoms with Crippen LogP contribution in [-0.4, -0.2) is 32.1 Å². The van der Waals surface area contributed by atoms with Crippen LogP contribution in [0.2, 0.25) is 0 Å². The van der Waals surface area contributed by atoms with Crippen LogP contribution in [0.3, 0.4) is 0 Å². The first-order chi connectivity index (χ1) is 12.0. The second kappa shape index (κ2) is 7.22. The summed E-state index contributed by atoms with van der Waals surface area (Å²) in [6.07, 6.45) is -1.85. The predicted molar refractivity (Wildman–Crippen MR) is 84.0 cm³/mol. The van der Waals surface area contributed by atoms with Crippen molar-refractivity contribution in [2.45, 2.75) is 12.9 Å². The molecule has 0 aliphatic carbocycles. The molecule has 2 aromatic carbocycles. The van der Waals surface area contributed by atoms with Crippen molar-refractivity contribution in [2.75, 3.05) is 27.2 Å². The van der Waals surface area contributed by atoms with Gasteiger partial charge in [0.1, 0.15) is 6.08 Å². The van der Waals surface area contributed by atoms with Crippen LogP contribution >= 0.6 is 0 Å². The van der Waals surface area contributed by atoms with Gasteiger partial charge in [0.2, 0.25) is 0 Å². The van der Waals surface area contributed by atoms with Gasteiger partial charge in [-0.2, -0.15) is 0 Å². The van der Waals surface area contributed by atoms with Crippen molar-refractivity contribution >= 4 is 0 Å². The maximum Gasteiger partial charge on any atom is 0.108 e. The zero-order chi connectivity index (χ0) is 19.6. The molecule has 0 amide bonds. The summed E-state index contributed by atoms with van der Waals surface area (Å²) in [5, 5.41) is 0. The number of aryl methyl sites for hydroxylation is 1. The molecular formula is C18H23NO. The van der Waals surface area contributed by atoms with Gasteiger partial charge in [0.05, 0.1) is 7.98 Å². The maximum absolute atomic E-state index is 8.99. The van der Waals surface area contributed by atoms with Crippen LogP contribution in [0.1, 0.15) is 31.0 Å². The Balaban J connectivity index is 2.57. The number of hydrogen-bond donors (Lipinski definition) is 0. The molecule has 0 fully saturated rings. The summed E-state index contributed by atoms with van der Waals surface area (Å²) in [5.74, 6) is 0. The molecule has 2 heteroatoms. The summed E-state index contributed by atoms with van der Waals surface area (Å²) in [7, 11) is 3.15. The lowest BCUT2D eigenvalue weighted by Gasteiger charge is -2.22. The minimum Gasteiger partial charge on any atom is -0.367 e. The van der Waals surface area contributed by atoms with Crippen LogP contribution in [0.4, 0.5) is 0 Å². The van der Waals surface area contributed by atoms with Crippen molar-refractivity contribution < 1.29 is 13.0 Å². The van der Waals surface area contributed by atoms with Crippen LogP contribution in [0.25, 0.3) is 0 Å². The molecule has 0 saturated heterocycles. The number of benzene rings is 2. The Hall–Kier alpha value is -1.64. The Morgan fingerprint density at radius 2 is 1.85 bits per heavy atom. The third-order valence-corrected chi connectivity index (χ3v) is 2.80. The number of hydrogen-bond acceptors (Lipinski definition) is 2. The van der Waals surface area contributed by atoms with Crippen molar-refractivity contribution in [3.8, 4) is 0 Å². The second-order valence-electron chi connectivity index (χ2n) is 4.58. The molecule has 2 aromatic rings. The summed E-state index contributed by atoms with van der Waals surface area (Å²) < 4.78 is 54.2. The van der Waals surface area contributed by atoms with Gasteiger partial charge in [0, 0.05) is 13.4 Å². The topological polar surface area (TPSA) is 12.5 Å². The first-order valence-electron chi connectivity index (χ1n) is 9.45. The molecule has 0 aliphatic heterocycles. The Morgan fingerprint density at radius 1 is 1.15 bits per heavy atom. The number of likely N-dealkylation sites (N-methyl/N-ethyl adjacent to an activating group) is 1. The van der Waals surface area contributed by atoms with E-state index in [2.05, 4.69) is 0 Å². The molecule has 106 valence electrons. The highest BCUT2D eigenvalue weighted by Gasteiger charge is 2.16. The molecule has 0 aliphatic rings. The summed E-state index contributed by atoms with van der Waals surface area (Å²) in [6.45, 7) is -4.62. The third kappa shape index (κ3) is 3.92. The molecule has 0 N–H and O–H groups in total. The fourth-order valence-electron chi connectivity index (χ4n) is 1.82. The lowest BCUT2D eigenvalue weighted by molar-refractivity contribution is 0.0683. The maximum atomic E-state index is 8.99. The molecule has 20 heavy (non-hydrogen) atoms. The predicted octanol–water partition coefficient (Wildman–Crippen LogP) is 3.66. The highest BCUT2D eigenvalue weighted by molar-refractivity contribution is 5.35. The molecular weight excluding hydrogens is 246 g/mol. The molecule has 0 saturated carbocycles. The average molecular weight is 275 g/mol. The van der Waals surface area contributed by atoms with Crippen molar-refractivity contribution in [3.63, 3.8) is 0 Å². The molecule has 2 nitrogen and oxygen atoms in total. The zero-order valence-electron chi connectivity index (χ0n) is 17.8. The third-order valence-electron chi connectivity index (χ3n) is 2.80. The first-order valence-corrected chi connectivity index (χ1v) is 6.45. The monoisotopic (exact) mass is 275 g/mol. The zero-order valence-corrected chi connectivity index (χ0v) is 11.8. The number of ether oxygens (including phenoxy) is 1. The van der Waals surface area contributed by atoms with Crippen LogP contribution in [0.5, 0.6) is 0 Å². The van der Waals surface area contributed by atoms with E-state index < -0.39 is 26.0 Å². The Morgan fingerprint density at radius 3 is 2.55 bits per heavy atom. The summed E-state index contributed by atoms with van der Waals surface area (Å²) in [4.78, 5) is 1.36. The SMILES string of the molecule is [2H]C([2H])([2H])c1ccccc1C([2H])(OCC([2H])([2H])N(C)C)c1ccccc1. The fraction of sp³-hybridized carbons (Fsp3) is 0.333. The molecule has 0 radical (unpaired) electrons. The normalized spacial score (nSPS) is 19.9. The molecule has 0 bridgehead atoms. The molecule has 0 aromatic heterocycles. The Kier molecular flexibility index (Phi) is 3.11. The van der Waals surface area contributed by atoms with Crippen LogP contribution in [0.15, 0.2) is 54.6 Å². The highest BCUT2D eigenvalue weighted by Crippen LogP contribution is 2.28. The van der Waals surface area contributed by atoms with E-state index in [1.165, 1.54) is 11.0 Å². The number of rotatable bonds is 6. The van der Waals surface area contributed by atoms with E-state index in [0.717, 1.165) is 0 Å². The van der Waals surface area contributed by atoms with E-state index in [9.17, 15) is 0 Å². The second-order valence-corrected chi connectivity index (χ2v) is 4.58. The molecule has 1 unspecified atom stereocenters. The molecule has 1 atom stereocenters. The van der Waals surface area contributed by atoms with Gasteiger partial charge in [0.25, 0.3) is 0 Å². The largest absolute Gasteiger partial charge is 0.367 e. The standard InChI is InChI=1S/C18H23NO/c1-15-9-7-8-12-17(15)18(20-14-13-19(2)3)16-10-5-4-6-11-16/h4-12,18H,13-14H2,1-3H3/i1D3,13D2,18D. The van der Waals surface area contributed by atoms with E-state index in [1.54, 1.807) is 62.6 Å². The van der Waals surface area contributed by atoms with Gasteiger partial charge in [-0.1, -0.05) is 54.6 Å². The van der Waals surface area contributed by atoms with Gasteiger partial charge in [-0.25, -0.2) is 0 Å². The first kappa shape index (κ1) is 8.60. The Labute approximate surface area is 130 Å². The van der Waals surface area contributed by atoms with E-state index >= 15 is 0 Å². The van der Waals surface area contributed by atoms with E-state index in [4.69, 9.17) is 13.0 Å². The summed E-state index contributed by atoms with van der Waals surface area (Å²) in [6, 6.07) is 14.9. The fourth-order valence-corrected chi connectivity index (χ4v) is 1.82. The van der Waals surface area contributed by atoms with Crippen molar-refractivity contribution in [2.24, 2.45) is 0 Å².